The average molecular weight is 366 g/mol. The number of pyridine rings is 1. The van der Waals surface area contributed by atoms with Gasteiger partial charge in [-0.3, -0.25) is 4.98 Å². The second-order valence-electron chi connectivity index (χ2n) is 6.45. The largest absolute Gasteiger partial charge is 0.508 e. The maximum Gasteiger partial charge on any atom is 0.165 e. The standard InChI is InChI=1S/C21H22N2O4/c24-16-5-7-20-21(11-16)27-18(14-26-20)13-22-8-2-10-25-17-6-4-15-3-1-9-23-19(15)12-17/h1,3-7,9,11-12,18,22,24H,2,8,10,13-14H2. The summed E-state index contributed by atoms with van der Waals surface area (Å²) in [5.74, 6) is 2.26. The maximum atomic E-state index is 9.53. The third kappa shape index (κ3) is 4.41. The molecule has 0 saturated carbocycles. The third-order valence-electron chi connectivity index (χ3n) is 4.36. The Hall–Kier alpha value is -2.99. The Bertz CT molecular complexity index is 916. The molecule has 1 atom stereocenters. The first-order valence-electron chi connectivity index (χ1n) is 9.09. The highest BCUT2D eigenvalue weighted by atomic mass is 16.6. The number of aromatic nitrogens is 1. The number of hydrogen-bond acceptors (Lipinski definition) is 6. The minimum atomic E-state index is -0.0771. The molecule has 0 saturated heterocycles. The Balaban J connectivity index is 1.16. The molecule has 140 valence electrons. The van der Waals surface area contributed by atoms with E-state index in [1.54, 1.807) is 24.4 Å². The van der Waals surface area contributed by atoms with Crippen molar-refractivity contribution in [2.75, 3.05) is 26.3 Å². The smallest absolute Gasteiger partial charge is 0.165 e. The highest BCUT2D eigenvalue weighted by Crippen LogP contribution is 2.34. The SMILES string of the molecule is Oc1ccc2c(c1)OC(CNCCCOc1ccc3cccnc3c1)CO2. The number of benzene rings is 2. The summed E-state index contributed by atoms with van der Waals surface area (Å²) in [6, 6.07) is 14.8. The number of nitrogens with one attached hydrogen (secondary N) is 1. The second-order valence-corrected chi connectivity index (χ2v) is 6.45. The van der Waals surface area contributed by atoms with Gasteiger partial charge in [0.05, 0.1) is 12.1 Å². The van der Waals surface area contributed by atoms with E-state index in [9.17, 15) is 5.11 Å². The topological polar surface area (TPSA) is 72.8 Å². The molecular weight excluding hydrogens is 344 g/mol. The number of hydrogen-bond donors (Lipinski definition) is 2. The lowest BCUT2D eigenvalue weighted by molar-refractivity contribution is 0.0898. The van der Waals surface area contributed by atoms with Gasteiger partial charge in [-0.25, -0.2) is 0 Å². The van der Waals surface area contributed by atoms with E-state index in [2.05, 4.69) is 10.3 Å². The van der Waals surface area contributed by atoms with Crippen LogP contribution in [0.1, 0.15) is 6.42 Å². The second kappa shape index (κ2) is 8.14. The minimum Gasteiger partial charge on any atom is -0.508 e. The molecule has 1 aromatic heterocycles. The summed E-state index contributed by atoms with van der Waals surface area (Å²) in [4.78, 5) is 4.34. The molecule has 4 rings (SSSR count). The van der Waals surface area contributed by atoms with Gasteiger partial charge in [-0.15, -0.1) is 0 Å². The minimum absolute atomic E-state index is 0.0771. The summed E-state index contributed by atoms with van der Waals surface area (Å²) in [5, 5.41) is 14.0. The molecule has 1 aliphatic rings. The molecule has 0 aliphatic carbocycles. The van der Waals surface area contributed by atoms with Crippen molar-refractivity contribution in [2.24, 2.45) is 0 Å². The number of phenols is 1. The molecule has 0 radical (unpaired) electrons. The molecule has 0 fully saturated rings. The summed E-state index contributed by atoms with van der Waals surface area (Å²) in [6.07, 6.45) is 2.59. The maximum absolute atomic E-state index is 9.53. The first kappa shape index (κ1) is 17.4. The van der Waals surface area contributed by atoms with Crippen molar-refractivity contribution in [1.82, 2.24) is 10.3 Å². The molecule has 2 aromatic carbocycles. The molecule has 27 heavy (non-hydrogen) atoms. The third-order valence-corrected chi connectivity index (χ3v) is 4.36. The van der Waals surface area contributed by atoms with Gasteiger partial charge in [0, 0.05) is 30.3 Å². The van der Waals surface area contributed by atoms with Crippen LogP contribution >= 0.6 is 0 Å². The normalized spacial score (nSPS) is 15.6. The van der Waals surface area contributed by atoms with Crippen LogP contribution in [-0.2, 0) is 0 Å². The molecule has 6 heteroatoms. The van der Waals surface area contributed by atoms with Crippen molar-refractivity contribution in [2.45, 2.75) is 12.5 Å². The zero-order valence-electron chi connectivity index (χ0n) is 14.9. The first-order chi connectivity index (χ1) is 13.3. The van der Waals surface area contributed by atoms with E-state index in [0.29, 0.717) is 31.3 Å². The highest BCUT2D eigenvalue weighted by Gasteiger charge is 2.20. The fourth-order valence-corrected chi connectivity index (χ4v) is 2.99. The van der Waals surface area contributed by atoms with E-state index in [-0.39, 0.29) is 11.9 Å². The van der Waals surface area contributed by atoms with Crippen molar-refractivity contribution in [3.63, 3.8) is 0 Å². The van der Waals surface area contributed by atoms with Crippen molar-refractivity contribution in [3.05, 3.63) is 54.7 Å². The van der Waals surface area contributed by atoms with Crippen molar-refractivity contribution < 1.29 is 19.3 Å². The number of nitrogens with zero attached hydrogens (tertiary/aromatic N) is 1. The van der Waals surface area contributed by atoms with E-state index in [1.165, 1.54) is 0 Å². The number of ether oxygens (including phenoxy) is 3. The molecule has 2 N–H and O–H groups in total. The van der Waals surface area contributed by atoms with Crippen LogP contribution in [0, 0.1) is 0 Å². The quantitative estimate of drug-likeness (QED) is 0.626. The average Bonchev–Trinajstić information content (AvgIpc) is 2.70. The van der Waals surface area contributed by atoms with E-state index < -0.39 is 0 Å². The molecule has 1 aliphatic heterocycles. The Kier molecular flexibility index (Phi) is 5.25. The molecule has 3 aromatic rings. The van der Waals surface area contributed by atoms with Gasteiger partial charge in [-0.2, -0.15) is 0 Å². The van der Waals surface area contributed by atoms with E-state index in [4.69, 9.17) is 14.2 Å². The van der Waals surface area contributed by atoms with E-state index in [0.717, 1.165) is 29.6 Å². The summed E-state index contributed by atoms with van der Waals surface area (Å²) >= 11 is 0. The van der Waals surface area contributed by atoms with Crippen LogP contribution in [0.2, 0.25) is 0 Å². The van der Waals surface area contributed by atoms with E-state index >= 15 is 0 Å². The van der Waals surface area contributed by atoms with Gasteiger partial charge in [0.2, 0.25) is 0 Å². The molecular formula is C21H22N2O4. The van der Waals surface area contributed by atoms with Crippen LogP contribution in [0.15, 0.2) is 54.7 Å². The number of rotatable bonds is 7. The zero-order chi connectivity index (χ0) is 18.5. The number of fused-ring (bicyclic) bond motifs is 2. The summed E-state index contributed by atoms with van der Waals surface area (Å²) in [5.41, 5.74) is 0.939. The van der Waals surface area contributed by atoms with Crippen LogP contribution in [0.5, 0.6) is 23.0 Å². The van der Waals surface area contributed by atoms with Gasteiger partial charge in [0.15, 0.2) is 11.5 Å². The van der Waals surface area contributed by atoms with E-state index in [1.807, 2.05) is 30.3 Å². The molecule has 0 spiro atoms. The molecule has 6 nitrogen and oxygen atoms in total. The van der Waals surface area contributed by atoms with Gasteiger partial charge >= 0.3 is 0 Å². The van der Waals surface area contributed by atoms with Crippen LogP contribution in [-0.4, -0.2) is 42.5 Å². The van der Waals surface area contributed by atoms with Crippen molar-refractivity contribution in [3.8, 4) is 23.0 Å². The van der Waals surface area contributed by atoms with Gasteiger partial charge < -0.3 is 24.6 Å². The molecule has 1 unspecified atom stereocenters. The summed E-state index contributed by atoms with van der Waals surface area (Å²) < 4.78 is 17.3. The first-order valence-corrected chi connectivity index (χ1v) is 9.09. The van der Waals surface area contributed by atoms with Gasteiger partial charge in [0.25, 0.3) is 0 Å². The summed E-state index contributed by atoms with van der Waals surface area (Å²) in [7, 11) is 0. The highest BCUT2D eigenvalue weighted by molar-refractivity contribution is 5.79. The Morgan fingerprint density at radius 3 is 3.07 bits per heavy atom. The lowest BCUT2D eigenvalue weighted by atomic mass is 10.2. The summed E-state index contributed by atoms with van der Waals surface area (Å²) in [6.45, 7) is 2.61. The van der Waals surface area contributed by atoms with Crippen LogP contribution in [0.4, 0.5) is 0 Å². The van der Waals surface area contributed by atoms with Crippen molar-refractivity contribution in [1.29, 1.82) is 0 Å². The molecule has 0 amide bonds. The monoisotopic (exact) mass is 366 g/mol. The predicted octanol–water partition coefficient (Wildman–Crippen LogP) is 3.14. The molecule has 2 heterocycles. The zero-order valence-corrected chi connectivity index (χ0v) is 14.9. The fraction of sp³-hybridized carbons (Fsp3) is 0.286. The van der Waals surface area contributed by atoms with Crippen LogP contribution in [0.25, 0.3) is 10.9 Å². The number of aromatic hydroxyl groups is 1. The lowest BCUT2D eigenvalue weighted by Crippen LogP contribution is -2.39. The van der Waals surface area contributed by atoms with Gasteiger partial charge in [-0.05, 0) is 43.3 Å². The van der Waals surface area contributed by atoms with Crippen molar-refractivity contribution >= 4 is 10.9 Å². The fourth-order valence-electron chi connectivity index (χ4n) is 2.99. The number of phenolic OH excluding ortho intramolecular Hbond substituents is 1. The van der Waals surface area contributed by atoms with Gasteiger partial charge in [0.1, 0.15) is 24.2 Å². The van der Waals surface area contributed by atoms with Crippen LogP contribution in [0.3, 0.4) is 0 Å². The Labute approximate surface area is 157 Å². The predicted molar refractivity (Wildman–Crippen MR) is 103 cm³/mol. The molecule has 0 bridgehead atoms. The Morgan fingerprint density at radius 2 is 2.11 bits per heavy atom. The Morgan fingerprint density at radius 1 is 1.15 bits per heavy atom. The lowest BCUT2D eigenvalue weighted by Gasteiger charge is -2.26. The van der Waals surface area contributed by atoms with Gasteiger partial charge in [-0.1, -0.05) is 6.07 Å². The van der Waals surface area contributed by atoms with Crippen LogP contribution < -0.4 is 19.5 Å².